The van der Waals surface area contributed by atoms with Crippen LogP contribution in [0.25, 0.3) is 0 Å². The highest BCUT2D eigenvalue weighted by molar-refractivity contribution is 14.0. The summed E-state index contributed by atoms with van der Waals surface area (Å²) >= 11 is 3.59. The zero-order chi connectivity index (χ0) is 19.6. The van der Waals surface area contributed by atoms with E-state index >= 15 is 0 Å². The van der Waals surface area contributed by atoms with E-state index in [-0.39, 0.29) is 36.6 Å². The van der Waals surface area contributed by atoms with E-state index in [1.54, 1.807) is 6.07 Å². The van der Waals surface area contributed by atoms with E-state index in [4.69, 9.17) is 10.5 Å². The van der Waals surface area contributed by atoms with Crippen LogP contribution >= 0.6 is 39.9 Å². The minimum absolute atomic E-state index is 0. The summed E-state index contributed by atoms with van der Waals surface area (Å²) in [6.07, 6.45) is 0. The molecule has 0 saturated carbocycles. The second-order valence-electron chi connectivity index (χ2n) is 5.99. The van der Waals surface area contributed by atoms with Crippen LogP contribution in [-0.4, -0.2) is 25.0 Å². The Bertz CT molecular complexity index is 801. The third kappa shape index (κ3) is 8.05. The van der Waals surface area contributed by atoms with Gasteiger partial charge in [0, 0.05) is 11.0 Å². The lowest BCUT2D eigenvalue weighted by molar-refractivity contribution is -0.119. The maximum absolute atomic E-state index is 10.8. The molecule has 1 atom stereocenters. The average Bonchev–Trinajstić information content (AvgIpc) is 2.65. The van der Waals surface area contributed by atoms with E-state index in [0.717, 1.165) is 28.1 Å². The van der Waals surface area contributed by atoms with Gasteiger partial charge in [0.25, 0.3) is 5.91 Å². The zero-order valence-corrected chi connectivity index (χ0v) is 19.9. The molecule has 28 heavy (non-hydrogen) atoms. The van der Waals surface area contributed by atoms with Gasteiger partial charge in [-0.25, -0.2) is 4.99 Å². The van der Waals surface area contributed by atoms with E-state index in [1.807, 2.05) is 43.3 Å². The van der Waals surface area contributed by atoms with Crippen molar-refractivity contribution in [1.82, 2.24) is 10.6 Å². The number of hydrogen-bond donors (Lipinski definition) is 3. The number of amides is 1. The van der Waals surface area contributed by atoms with Crippen molar-refractivity contribution < 1.29 is 9.53 Å². The summed E-state index contributed by atoms with van der Waals surface area (Å²) in [7, 11) is 0. The average molecular weight is 561 g/mol. The molecule has 0 aromatic heterocycles. The van der Waals surface area contributed by atoms with E-state index in [2.05, 4.69) is 44.5 Å². The first-order chi connectivity index (χ1) is 13.0. The van der Waals surface area contributed by atoms with Gasteiger partial charge in [-0.05, 0) is 43.2 Å². The molecule has 0 heterocycles. The Kier molecular flexibility index (Phi) is 10.9. The third-order valence-electron chi connectivity index (χ3n) is 3.77. The van der Waals surface area contributed by atoms with Crippen LogP contribution in [0.1, 0.15) is 31.0 Å². The molecule has 0 aliphatic rings. The molecule has 0 fully saturated rings. The van der Waals surface area contributed by atoms with Crippen LogP contribution in [0.15, 0.2) is 58.0 Å². The van der Waals surface area contributed by atoms with Crippen LogP contribution in [0.3, 0.4) is 0 Å². The van der Waals surface area contributed by atoms with Crippen molar-refractivity contribution in [3.05, 3.63) is 64.1 Å². The van der Waals surface area contributed by atoms with Crippen LogP contribution in [0.2, 0.25) is 0 Å². The Labute approximate surface area is 191 Å². The fourth-order valence-electron chi connectivity index (χ4n) is 2.49. The summed E-state index contributed by atoms with van der Waals surface area (Å²) < 4.78 is 6.39. The lowest BCUT2D eigenvalue weighted by Gasteiger charge is -2.19. The number of halogens is 2. The summed E-state index contributed by atoms with van der Waals surface area (Å²) in [5, 5.41) is 6.68. The molecule has 1 unspecified atom stereocenters. The van der Waals surface area contributed by atoms with Crippen molar-refractivity contribution in [1.29, 1.82) is 0 Å². The lowest BCUT2D eigenvalue weighted by Crippen LogP contribution is -2.38. The van der Waals surface area contributed by atoms with E-state index in [0.29, 0.717) is 12.3 Å². The number of carbonyl (C=O) groups is 1. The molecule has 2 rings (SSSR count). The monoisotopic (exact) mass is 560 g/mol. The van der Waals surface area contributed by atoms with Gasteiger partial charge in [-0.1, -0.05) is 46.3 Å². The number of rotatable bonds is 8. The maximum Gasteiger partial charge on any atom is 0.255 e. The van der Waals surface area contributed by atoms with Crippen molar-refractivity contribution in [2.45, 2.75) is 26.4 Å². The Morgan fingerprint density at radius 2 is 2.00 bits per heavy atom. The Morgan fingerprint density at radius 3 is 2.68 bits per heavy atom. The normalized spacial score (nSPS) is 11.9. The van der Waals surface area contributed by atoms with Crippen LogP contribution in [0.5, 0.6) is 5.75 Å². The highest BCUT2D eigenvalue weighted by Gasteiger charge is 2.10. The second-order valence-corrected chi connectivity index (χ2v) is 6.84. The topological polar surface area (TPSA) is 88.7 Å². The number of nitrogens with two attached hydrogens (primary N) is 1. The van der Waals surface area contributed by atoms with Gasteiger partial charge >= 0.3 is 0 Å². The smallest absolute Gasteiger partial charge is 0.255 e. The molecule has 0 aliphatic heterocycles. The summed E-state index contributed by atoms with van der Waals surface area (Å²) in [4.78, 5) is 15.5. The number of benzene rings is 2. The summed E-state index contributed by atoms with van der Waals surface area (Å²) in [6, 6.07) is 15.7. The van der Waals surface area contributed by atoms with Gasteiger partial charge < -0.3 is 21.1 Å². The number of carbonyl (C=O) groups excluding carboxylic acids is 1. The fourth-order valence-corrected chi connectivity index (χ4v) is 3.12. The minimum atomic E-state index is -0.502. The number of guanidine groups is 1. The standard InChI is InChI=1S/C20H25BrN4O2.HI/c1-3-23-20(25-14(2)17-9-4-5-10-18(17)21)24-12-15-7-6-8-16(11-15)27-13-19(22)26;/h4-11,14H,3,12-13H2,1-2H3,(H2,22,26)(H2,23,24,25);1H. The molecule has 4 N–H and O–H groups in total. The molecule has 8 heteroatoms. The first-order valence-electron chi connectivity index (χ1n) is 8.79. The van der Waals surface area contributed by atoms with Crippen LogP contribution < -0.4 is 21.1 Å². The summed E-state index contributed by atoms with van der Waals surface area (Å²) in [5.74, 6) is 0.823. The Balaban J connectivity index is 0.00000392. The molecular weight excluding hydrogens is 535 g/mol. The molecule has 1 amide bonds. The number of hydrogen-bond acceptors (Lipinski definition) is 3. The number of primary amides is 1. The second kappa shape index (κ2) is 12.6. The van der Waals surface area contributed by atoms with Gasteiger partial charge in [0.05, 0.1) is 12.6 Å². The first-order valence-corrected chi connectivity index (χ1v) is 9.58. The van der Waals surface area contributed by atoms with Gasteiger partial charge in [0.1, 0.15) is 5.75 Å². The molecule has 0 aliphatic carbocycles. The molecule has 0 saturated heterocycles. The maximum atomic E-state index is 10.8. The summed E-state index contributed by atoms with van der Waals surface area (Å²) in [6.45, 7) is 5.21. The number of ether oxygens (including phenoxy) is 1. The number of aliphatic imine (C=N–C) groups is 1. The van der Waals surface area contributed by atoms with Gasteiger partial charge in [-0.3, -0.25) is 4.79 Å². The SMILES string of the molecule is CCNC(=NCc1cccc(OCC(N)=O)c1)NC(C)c1ccccc1Br.I. The summed E-state index contributed by atoms with van der Waals surface area (Å²) in [5.41, 5.74) is 7.24. The van der Waals surface area contributed by atoms with E-state index < -0.39 is 5.91 Å². The first kappa shape index (κ1) is 24.2. The molecule has 152 valence electrons. The molecular formula is C20H26BrIN4O2. The van der Waals surface area contributed by atoms with Crippen LogP contribution in [0, 0.1) is 0 Å². The van der Waals surface area contributed by atoms with E-state index in [1.165, 1.54) is 0 Å². The largest absolute Gasteiger partial charge is 0.484 e. The fraction of sp³-hybridized carbons (Fsp3) is 0.300. The van der Waals surface area contributed by atoms with Gasteiger partial charge in [0.15, 0.2) is 12.6 Å². The van der Waals surface area contributed by atoms with Crippen LogP contribution in [-0.2, 0) is 11.3 Å². The third-order valence-corrected chi connectivity index (χ3v) is 4.49. The Morgan fingerprint density at radius 1 is 1.25 bits per heavy atom. The van der Waals surface area contributed by atoms with E-state index in [9.17, 15) is 4.79 Å². The van der Waals surface area contributed by atoms with Crippen molar-refractivity contribution >= 4 is 51.8 Å². The highest BCUT2D eigenvalue weighted by atomic mass is 127. The molecule has 0 radical (unpaired) electrons. The number of nitrogens with zero attached hydrogens (tertiary/aromatic N) is 1. The van der Waals surface area contributed by atoms with Crippen molar-refractivity contribution in [2.75, 3.05) is 13.2 Å². The molecule has 2 aromatic rings. The lowest BCUT2D eigenvalue weighted by atomic mass is 10.1. The number of nitrogens with one attached hydrogen (secondary N) is 2. The predicted molar refractivity (Wildman–Crippen MR) is 127 cm³/mol. The van der Waals surface area contributed by atoms with Crippen molar-refractivity contribution in [3.8, 4) is 5.75 Å². The minimum Gasteiger partial charge on any atom is -0.484 e. The van der Waals surface area contributed by atoms with Gasteiger partial charge in [0.2, 0.25) is 0 Å². The zero-order valence-electron chi connectivity index (χ0n) is 15.9. The Hall–Kier alpha value is -1.81. The van der Waals surface area contributed by atoms with Crippen LogP contribution in [0.4, 0.5) is 0 Å². The van der Waals surface area contributed by atoms with Gasteiger partial charge in [-0.2, -0.15) is 0 Å². The highest BCUT2D eigenvalue weighted by Crippen LogP contribution is 2.22. The molecule has 0 spiro atoms. The predicted octanol–water partition coefficient (Wildman–Crippen LogP) is 3.75. The molecule has 2 aromatic carbocycles. The van der Waals surface area contributed by atoms with Gasteiger partial charge in [-0.15, -0.1) is 24.0 Å². The van der Waals surface area contributed by atoms with Crippen molar-refractivity contribution in [3.63, 3.8) is 0 Å². The molecule has 6 nitrogen and oxygen atoms in total. The molecule has 0 bridgehead atoms. The van der Waals surface area contributed by atoms with Crippen molar-refractivity contribution in [2.24, 2.45) is 10.7 Å². The quantitative estimate of drug-likeness (QED) is 0.261.